The Hall–Kier alpha value is -1.32. The fourth-order valence-corrected chi connectivity index (χ4v) is 2.09. The minimum Gasteiger partial charge on any atom is -0.372 e. The van der Waals surface area contributed by atoms with Gasteiger partial charge < -0.3 is 9.64 Å². The van der Waals surface area contributed by atoms with Crippen molar-refractivity contribution in [3.05, 3.63) is 47.5 Å². The molecule has 1 heterocycles. The van der Waals surface area contributed by atoms with Crippen molar-refractivity contribution in [1.82, 2.24) is 4.90 Å². The van der Waals surface area contributed by atoms with E-state index in [2.05, 4.69) is 6.58 Å². The summed E-state index contributed by atoms with van der Waals surface area (Å²) in [6.07, 6.45) is 1.85. The van der Waals surface area contributed by atoms with Crippen LogP contribution in [-0.2, 0) is 4.74 Å². The first-order valence-corrected chi connectivity index (χ1v) is 5.90. The van der Waals surface area contributed by atoms with Crippen LogP contribution in [0.2, 0.25) is 5.02 Å². The first-order valence-electron chi connectivity index (χ1n) is 5.52. The standard InChI is InChI=1S/C13H15ClN2O/c1-2-12(10-3-5-11(14)6-4-10)16-7-8-17-9-13(16)15/h2-6,12,15H,1,7-9H2. The van der Waals surface area contributed by atoms with Gasteiger partial charge in [0.2, 0.25) is 0 Å². The van der Waals surface area contributed by atoms with E-state index in [4.69, 9.17) is 21.7 Å². The second kappa shape index (κ2) is 5.34. The molecule has 3 nitrogen and oxygen atoms in total. The van der Waals surface area contributed by atoms with Gasteiger partial charge in [0.25, 0.3) is 0 Å². The third-order valence-electron chi connectivity index (χ3n) is 2.83. The summed E-state index contributed by atoms with van der Waals surface area (Å²) in [5, 5.41) is 8.61. The van der Waals surface area contributed by atoms with Gasteiger partial charge in [0, 0.05) is 11.6 Å². The SMILES string of the molecule is C=CC(c1ccc(Cl)cc1)N1CCOCC1=N. The molecule has 0 spiro atoms. The van der Waals surface area contributed by atoms with Gasteiger partial charge in [-0.25, -0.2) is 0 Å². The summed E-state index contributed by atoms with van der Waals surface area (Å²) in [7, 11) is 0. The summed E-state index contributed by atoms with van der Waals surface area (Å²) in [5.74, 6) is 0.496. The van der Waals surface area contributed by atoms with Crippen LogP contribution in [0.4, 0.5) is 0 Å². The van der Waals surface area contributed by atoms with Gasteiger partial charge in [0.1, 0.15) is 12.4 Å². The minimum atomic E-state index is 0.0173. The van der Waals surface area contributed by atoms with E-state index in [1.165, 1.54) is 0 Å². The molecule has 90 valence electrons. The number of nitrogens with zero attached hydrogens (tertiary/aromatic N) is 1. The average molecular weight is 251 g/mol. The van der Waals surface area contributed by atoms with E-state index in [0.717, 1.165) is 12.1 Å². The van der Waals surface area contributed by atoms with E-state index in [1.807, 2.05) is 35.2 Å². The molecule has 0 aliphatic carbocycles. The molecule has 17 heavy (non-hydrogen) atoms. The number of nitrogens with one attached hydrogen (secondary N) is 1. The lowest BCUT2D eigenvalue weighted by Gasteiger charge is -2.35. The lowest BCUT2D eigenvalue weighted by molar-refractivity contribution is 0.106. The van der Waals surface area contributed by atoms with Crippen LogP contribution >= 0.6 is 11.6 Å². The summed E-state index contributed by atoms with van der Waals surface area (Å²) < 4.78 is 5.24. The smallest absolute Gasteiger partial charge is 0.123 e. The molecule has 0 bridgehead atoms. The Morgan fingerprint density at radius 1 is 1.41 bits per heavy atom. The van der Waals surface area contributed by atoms with Crippen molar-refractivity contribution in [2.75, 3.05) is 19.8 Å². The number of halogens is 1. The molecule has 0 radical (unpaired) electrons. The topological polar surface area (TPSA) is 36.3 Å². The average Bonchev–Trinajstić information content (AvgIpc) is 2.35. The zero-order chi connectivity index (χ0) is 12.3. The van der Waals surface area contributed by atoms with Crippen molar-refractivity contribution in [2.45, 2.75) is 6.04 Å². The van der Waals surface area contributed by atoms with E-state index >= 15 is 0 Å². The monoisotopic (exact) mass is 250 g/mol. The largest absolute Gasteiger partial charge is 0.372 e. The lowest BCUT2D eigenvalue weighted by atomic mass is 10.0. The Kier molecular flexibility index (Phi) is 3.82. The van der Waals surface area contributed by atoms with Crippen LogP contribution in [0, 0.1) is 5.41 Å². The number of hydrogen-bond donors (Lipinski definition) is 1. The molecule has 1 saturated heterocycles. The number of morpholine rings is 1. The number of ether oxygens (including phenoxy) is 1. The lowest BCUT2D eigenvalue weighted by Crippen LogP contribution is -2.42. The summed E-state index contributed by atoms with van der Waals surface area (Å²) in [6, 6.07) is 7.67. The molecule has 1 unspecified atom stereocenters. The van der Waals surface area contributed by atoms with Crippen LogP contribution in [-0.4, -0.2) is 30.5 Å². The highest BCUT2D eigenvalue weighted by Gasteiger charge is 2.23. The molecule has 1 aromatic rings. The predicted molar refractivity (Wildman–Crippen MR) is 69.6 cm³/mol. The molecule has 1 aliphatic rings. The van der Waals surface area contributed by atoms with E-state index in [-0.39, 0.29) is 6.04 Å². The maximum absolute atomic E-state index is 7.90. The quantitative estimate of drug-likeness (QED) is 0.838. The van der Waals surface area contributed by atoms with E-state index < -0.39 is 0 Å². The summed E-state index contributed by atoms with van der Waals surface area (Å²) >= 11 is 5.87. The molecule has 0 aromatic heterocycles. The first kappa shape index (κ1) is 12.1. The van der Waals surface area contributed by atoms with Crippen molar-refractivity contribution < 1.29 is 4.74 Å². The zero-order valence-electron chi connectivity index (χ0n) is 9.53. The number of rotatable bonds is 3. The fourth-order valence-electron chi connectivity index (χ4n) is 1.96. The molecular weight excluding hydrogens is 236 g/mol. The minimum absolute atomic E-state index is 0.0173. The van der Waals surface area contributed by atoms with Crippen LogP contribution in [0.3, 0.4) is 0 Å². The molecule has 1 aliphatic heterocycles. The third-order valence-corrected chi connectivity index (χ3v) is 3.08. The highest BCUT2D eigenvalue weighted by atomic mass is 35.5. The van der Waals surface area contributed by atoms with E-state index in [1.54, 1.807) is 0 Å². The predicted octanol–water partition coefficient (Wildman–Crippen LogP) is 2.88. The Morgan fingerprint density at radius 3 is 2.71 bits per heavy atom. The van der Waals surface area contributed by atoms with Gasteiger partial charge in [-0.1, -0.05) is 29.8 Å². The van der Waals surface area contributed by atoms with Crippen molar-refractivity contribution >= 4 is 17.4 Å². The second-order valence-corrected chi connectivity index (χ2v) is 4.36. The molecule has 1 fully saturated rings. The van der Waals surface area contributed by atoms with Gasteiger partial charge in [-0.05, 0) is 17.7 Å². The first-order chi connectivity index (χ1) is 8.22. The van der Waals surface area contributed by atoms with Crippen molar-refractivity contribution in [3.8, 4) is 0 Å². The van der Waals surface area contributed by atoms with Gasteiger partial charge in [0.15, 0.2) is 0 Å². The molecule has 2 rings (SSSR count). The van der Waals surface area contributed by atoms with Gasteiger partial charge in [-0.2, -0.15) is 0 Å². The van der Waals surface area contributed by atoms with Gasteiger partial charge in [0.05, 0.1) is 12.6 Å². The Bertz CT molecular complexity index is 416. The normalized spacial score (nSPS) is 17.9. The van der Waals surface area contributed by atoms with Gasteiger partial charge in [-0.3, -0.25) is 5.41 Å². The number of hydrogen-bond acceptors (Lipinski definition) is 2. The molecule has 0 amide bonds. The number of benzene rings is 1. The molecule has 0 saturated carbocycles. The van der Waals surface area contributed by atoms with Crippen LogP contribution in [0.15, 0.2) is 36.9 Å². The summed E-state index contributed by atoms with van der Waals surface area (Å²) in [5.41, 5.74) is 1.09. The molecular formula is C13H15ClN2O. The Morgan fingerprint density at radius 2 is 2.12 bits per heavy atom. The Balaban J connectivity index is 2.23. The third kappa shape index (κ3) is 2.68. The molecule has 1 N–H and O–H groups in total. The highest BCUT2D eigenvalue weighted by molar-refractivity contribution is 6.30. The van der Waals surface area contributed by atoms with Crippen LogP contribution in [0.25, 0.3) is 0 Å². The fraction of sp³-hybridized carbons (Fsp3) is 0.308. The molecule has 1 aromatic carbocycles. The zero-order valence-corrected chi connectivity index (χ0v) is 10.3. The molecule has 1 atom stereocenters. The van der Waals surface area contributed by atoms with E-state index in [0.29, 0.717) is 24.1 Å². The van der Waals surface area contributed by atoms with Gasteiger partial charge >= 0.3 is 0 Å². The van der Waals surface area contributed by atoms with Gasteiger partial charge in [-0.15, -0.1) is 6.58 Å². The van der Waals surface area contributed by atoms with Crippen molar-refractivity contribution in [3.63, 3.8) is 0 Å². The Labute approximate surface area is 106 Å². The van der Waals surface area contributed by atoms with Crippen molar-refractivity contribution in [1.29, 1.82) is 5.41 Å². The highest BCUT2D eigenvalue weighted by Crippen LogP contribution is 2.24. The summed E-state index contributed by atoms with van der Waals surface area (Å²) in [6.45, 7) is 5.60. The number of amidine groups is 1. The summed E-state index contributed by atoms with van der Waals surface area (Å²) in [4.78, 5) is 2.00. The maximum Gasteiger partial charge on any atom is 0.123 e. The van der Waals surface area contributed by atoms with Crippen LogP contribution in [0.5, 0.6) is 0 Å². The molecule has 4 heteroatoms. The second-order valence-electron chi connectivity index (χ2n) is 3.92. The van der Waals surface area contributed by atoms with Crippen LogP contribution < -0.4 is 0 Å². The van der Waals surface area contributed by atoms with Crippen molar-refractivity contribution in [2.24, 2.45) is 0 Å². The van der Waals surface area contributed by atoms with E-state index in [9.17, 15) is 0 Å². The maximum atomic E-state index is 7.90. The van der Waals surface area contributed by atoms with Crippen LogP contribution in [0.1, 0.15) is 11.6 Å².